The number of aromatic nitrogens is 2. The van der Waals surface area contributed by atoms with Crippen LogP contribution in [0.2, 0.25) is 0 Å². The van der Waals surface area contributed by atoms with Gasteiger partial charge < -0.3 is 11.1 Å². The van der Waals surface area contributed by atoms with Gasteiger partial charge in [-0.1, -0.05) is 12.1 Å². The predicted molar refractivity (Wildman–Crippen MR) is 70.2 cm³/mol. The van der Waals surface area contributed by atoms with E-state index in [1.165, 1.54) is 0 Å². The standard InChI is InChI=1S/C13H16N4O/c1-15-13(18)10-4-2-3-9(7-10)5-6-11-8-12(14)17-16-11/h2-4,7-8H,5-6H2,1H3,(H,15,18)(H3,14,16,17). The molecule has 0 spiro atoms. The average Bonchev–Trinajstić information content (AvgIpc) is 2.81. The van der Waals surface area contributed by atoms with E-state index in [-0.39, 0.29) is 5.91 Å². The minimum atomic E-state index is -0.0670. The van der Waals surface area contributed by atoms with Gasteiger partial charge in [-0.15, -0.1) is 0 Å². The van der Waals surface area contributed by atoms with E-state index in [2.05, 4.69) is 15.5 Å². The van der Waals surface area contributed by atoms with E-state index in [9.17, 15) is 4.79 Å². The Labute approximate surface area is 105 Å². The minimum Gasteiger partial charge on any atom is -0.382 e. The van der Waals surface area contributed by atoms with Crippen LogP contribution in [0.15, 0.2) is 30.3 Å². The molecule has 5 heteroatoms. The second-order valence-corrected chi connectivity index (χ2v) is 4.10. The number of carbonyl (C=O) groups excluding carboxylic acids is 1. The second kappa shape index (κ2) is 5.35. The number of aromatic amines is 1. The molecule has 4 N–H and O–H groups in total. The summed E-state index contributed by atoms with van der Waals surface area (Å²) in [6.45, 7) is 0. The van der Waals surface area contributed by atoms with E-state index in [1.54, 1.807) is 13.1 Å². The van der Waals surface area contributed by atoms with Crippen LogP contribution >= 0.6 is 0 Å². The smallest absolute Gasteiger partial charge is 0.251 e. The van der Waals surface area contributed by atoms with Gasteiger partial charge >= 0.3 is 0 Å². The first-order valence-electron chi connectivity index (χ1n) is 5.80. The summed E-state index contributed by atoms with van der Waals surface area (Å²) < 4.78 is 0. The zero-order valence-corrected chi connectivity index (χ0v) is 10.2. The van der Waals surface area contributed by atoms with Gasteiger partial charge in [-0.2, -0.15) is 5.10 Å². The second-order valence-electron chi connectivity index (χ2n) is 4.10. The van der Waals surface area contributed by atoms with Crippen LogP contribution in [-0.2, 0) is 12.8 Å². The number of amides is 1. The molecule has 18 heavy (non-hydrogen) atoms. The summed E-state index contributed by atoms with van der Waals surface area (Å²) in [5.74, 6) is 0.437. The Kier molecular flexibility index (Phi) is 3.62. The van der Waals surface area contributed by atoms with Gasteiger partial charge in [0.1, 0.15) is 5.82 Å². The molecule has 0 saturated carbocycles. The molecule has 1 aromatic carbocycles. The molecule has 1 heterocycles. The summed E-state index contributed by atoms with van der Waals surface area (Å²) in [6.07, 6.45) is 1.66. The number of nitrogens with one attached hydrogen (secondary N) is 2. The maximum Gasteiger partial charge on any atom is 0.251 e. The van der Waals surface area contributed by atoms with E-state index >= 15 is 0 Å². The summed E-state index contributed by atoms with van der Waals surface area (Å²) in [6, 6.07) is 9.42. The molecule has 94 valence electrons. The van der Waals surface area contributed by atoms with Gasteiger partial charge in [0.15, 0.2) is 0 Å². The first-order chi connectivity index (χ1) is 8.69. The first kappa shape index (κ1) is 12.2. The minimum absolute atomic E-state index is 0.0670. The number of nitrogens with two attached hydrogens (primary N) is 1. The van der Waals surface area contributed by atoms with Crippen LogP contribution in [0.5, 0.6) is 0 Å². The van der Waals surface area contributed by atoms with E-state index in [1.807, 2.05) is 24.3 Å². The average molecular weight is 244 g/mol. The molecule has 0 aliphatic heterocycles. The third-order valence-electron chi connectivity index (χ3n) is 2.75. The van der Waals surface area contributed by atoms with Crippen LogP contribution in [0, 0.1) is 0 Å². The number of nitrogen functional groups attached to an aromatic ring is 1. The fourth-order valence-corrected chi connectivity index (χ4v) is 1.80. The number of hydrogen-bond donors (Lipinski definition) is 3. The largest absolute Gasteiger partial charge is 0.382 e. The number of H-pyrrole nitrogens is 1. The van der Waals surface area contributed by atoms with Gasteiger partial charge in [-0.25, -0.2) is 0 Å². The molecule has 2 aromatic rings. The maximum absolute atomic E-state index is 11.5. The van der Waals surface area contributed by atoms with Gasteiger partial charge in [0, 0.05) is 24.4 Å². The number of anilines is 1. The van der Waals surface area contributed by atoms with E-state index < -0.39 is 0 Å². The van der Waals surface area contributed by atoms with Crippen LogP contribution in [-0.4, -0.2) is 23.2 Å². The number of nitrogens with zero attached hydrogens (tertiary/aromatic N) is 1. The SMILES string of the molecule is CNC(=O)c1cccc(CCc2cc(N)n[nH]2)c1. The summed E-state index contributed by atoms with van der Waals surface area (Å²) in [4.78, 5) is 11.5. The normalized spacial score (nSPS) is 10.3. The summed E-state index contributed by atoms with van der Waals surface area (Å²) in [7, 11) is 1.63. The molecule has 5 nitrogen and oxygen atoms in total. The molecule has 2 rings (SSSR count). The third-order valence-corrected chi connectivity index (χ3v) is 2.75. The molecule has 1 amide bonds. The zero-order valence-electron chi connectivity index (χ0n) is 10.2. The molecular weight excluding hydrogens is 228 g/mol. The highest BCUT2D eigenvalue weighted by Gasteiger charge is 2.04. The van der Waals surface area contributed by atoms with Crippen molar-refractivity contribution in [1.29, 1.82) is 0 Å². The van der Waals surface area contributed by atoms with Crippen molar-refractivity contribution in [3.8, 4) is 0 Å². The van der Waals surface area contributed by atoms with E-state index in [4.69, 9.17) is 5.73 Å². The number of benzene rings is 1. The van der Waals surface area contributed by atoms with Crippen LogP contribution in [0.1, 0.15) is 21.6 Å². The number of rotatable bonds is 4. The van der Waals surface area contributed by atoms with E-state index in [0.717, 1.165) is 24.1 Å². The molecule has 0 radical (unpaired) electrons. The monoisotopic (exact) mass is 244 g/mol. The van der Waals surface area contributed by atoms with Gasteiger partial charge in [0.2, 0.25) is 0 Å². The Morgan fingerprint density at radius 2 is 2.22 bits per heavy atom. The molecule has 0 saturated heterocycles. The highest BCUT2D eigenvalue weighted by molar-refractivity contribution is 5.94. The highest BCUT2D eigenvalue weighted by atomic mass is 16.1. The topological polar surface area (TPSA) is 83.8 Å². The van der Waals surface area contributed by atoms with Crippen molar-refractivity contribution in [2.45, 2.75) is 12.8 Å². The lowest BCUT2D eigenvalue weighted by molar-refractivity contribution is 0.0963. The molecule has 0 atom stereocenters. The zero-order chi connectivity index (χ0) is 13.0. The van der Waals surface area contributed by atoms with Crippen molar-refractivity contribution in [2.75, 3.05) is 12.8 Å². The third kappa shape index (κ3) is 2.88. The quantitative estimate of drug-likeness (QED) is 0.754. The fraction of sp³-hybridized carbons (Fsp3) is 0.231. The van der Waals surface area contributed by atoms with Crippen molar-refractivity contribution in [1.82, 2.24) is 15.5 Å². The number of aryl methyl sites for hydroxylation is 2. The molecule has 0 aliphatic rings. The Balaban J connectivity index is 2.03. The van der Waals surface area contributed by atoms with Crippen molar-refractivity contribution in [3.05, 3.63) is 47.2 Å². The van der Waals surface area contributed by atoms with Gasteiger partial charge in [0.05, 0.1) is 0 Å². The molecule has 0 unspecified atom stereocenters. The van der Waals surface area contributed by atoms with Crippen LogP contribution in [0.25, 0.3) is 0 Å². The van der Waals surface area contributed by atoms with Gasteiger partial charge in [-0.05, 0) is 30.5 Å². The summed E-state index contributed by atoms with van der Waals surface area (Å²) in [5, 5.41) is 9.36. The van der Waals surface area contributed by atoms with Crippen molar-refractivity contribution in [2.24, 2.45) is 0 Å². The summed E-state index contributed by atoms with van der Waals surface area (Å²) in [5.41, 5.74) is 8.33. The fourth-order valence-electron chi connectivity index (χ4n) is 1.80. The molecule has 1 aromatic heterocycles. The number of hydrogen-bond acceptors (Lipinski definition) is 3. The first-order valence-corrected chi connectivity index (χ1v) is 5.80. The maximum atomic E-state index is 11.5. The predicted octanol–water partition coefficient (Wildman–Crippen LogP) is 1.14. The van der Waals surface area contributed by atoms with Gasteiger partial charge in [-0.3, -0.25) is 9.89 Å². The number of carbonyl (C=O) groups is 1. The Bertz CT molecular complexity index is 547. The molecule has 0 aliphatic carbocycles. The lowest BCUT2D eigenvalue weighted by atomic mass is 10.0. The van der Waals surface area contributed by atoms with Crippen LogP contribution < -0.4 is 11.1 Å². The van der Waals surface area contributed by atoms with Crippen LogP contribution in [0.3, 0.4) is 0 Å². The Hall–Kier alpha value is -2.30. The van der Waals surface area contributed by atoms with E-state index in [0.29, 0.717) is 11.4 Å². The summed E-state index contributed by atoms with van der Waals surface area (Å²) >= 11 is 0. The lowest BCUT2D eigenvalue weighted by Crippen LogP contribution is -2.17. The van der Waals surface area contributed by atoms with Crippen molar-refractivity contribution >= 4 is 11.7 Å². The van der Waals surface area contributed by atoms with Gasteiger partial charge in [0.25, 0.3) is 5.91 Å². The van der Waals surface area contributed by atoms with Crippen molar-refractivity contribution in [3.63, 3.8) is 0 Å². The Morgan fingerprint density at radius 1 is 1.39 bits per heavy atom. The molecule has 0 fully saturated rings. The molecular formula is C13H16N4O. The van der Waals surface area contributed by atoms with Crippen LogP contribution in [0.4, 0.5) is 5.82 Å². The highest BCUT2D eigenvalue weighted by Crippen LogP contribution is 2.10. The molecule has 0 bridgehead atoms. The van der Waals surface area contributed by atoms with Crippen molar-refractivity contribution < 1.29 is 4.79 Å². The lowest BCUT2D eigenvalue weighted by Gasteiger charge is -2.03. The Morgan fingerprint density at radius 3 is 2.89 bits per heavy atom.